The molecule has 1 saturated carbocycles. The van der Waals surface area contributed by atoms with Crippen LogP contribution in [-0.2, 0) is 10.0 Å². The molecule has 0 aliphatic heterocycles. The van der Waals surface area contributed by atoms with Crippen LogP contribution in [0.25, 0.3) is 0 Å². The lowest BCUT2D eigenvalue weighted by Gasteiger charge is -2.09. The van der Waals surface area contributed by atoms with E-state index in [1.54, 1.807) is 6.07 Å². The molecule has 28 heavy (non-hydrogen) atoms. The van der Waals surface area contributed by atoms with Crippen LogP contribution in [-0.4, -0.2) is 33.5 Å². The molecule has 0 radical (unpaired) electrons. The number of nitrogens with one attached hydrogen (secondary N) is 2. The van der Waals surface area contributed by atoms with E-state index in [2.05, 4.69) is 16.0 Å². The van der Waals surface area contributed by atoms with Crippen molar-refractivity contribution >= 4 is 15.9 Å². The van der Waals surface area contributed by atoms with E-state index in [1.807, 2.05) is 31.2 Å². The third kappa shape index (κ3) is 4.71. The van der Waals surface area contributed by atoms with Gasteiger partial charge in [-0.2, -0.15) is 4.72 Å². The molecule has 1 fully saturated rings. The molecule has 0 heterocycles. The smallest absolute Gasteiger partial charge is 0.251 e. The Labute approximate surface area is 165 Å². The van der Waals surface area contributed by atoms with Gasteiger partial charge in [0.05, 0.1) is 18.0 Å². The summed E-state index contributed by atoms with van der Waals surface area (Å²) in [6.45, 7) is 2.43. The number of benzene rings is 2. The maximum Gasteiger partial charge on any atom is 0.251 e. The maximum absolute atomic E-state index is 12.6. The number of sulfonamides is 1. The second-order valence-electron chi connectivity index (χ2n) is 6.48. The van der Waals surface area contributed by atoms with E-state index in [0.717, 1.165) is 17.7 Å². The minimum Gasteiger partial charge on any atom is -0.494 e. The van der Waals surface area contributed by atoms with Crippen LogP contribution in [0.15, 0.2) is 53.4 Å². The molecule has 0 bridgehead atoms. The number of amides is 1. The number of ether oxygens (including phenoxy) is 1. The first kappa shape index (κ1) is 19.9. The summed E-state index contributed by atoms with van der Waals surface area (Å²) < 4.78 is 32.1. The Hall–Kier alpha value is -2.82. The highest BCUT2D eigenvalue weighted by molar-refractivity contribution is 7.89. The highest BCUT2D eigenvalue weighted by Crippen LogP contribution is 2.41. The van der Waals surface area contributed by atoms with Crippen molar-refractivity contribution in [3.05, 3.63) is 59.7 Å². The van der Waals surface area contributed by atoms with Crippen LogP contribution in [0, 0.1) is 12.3 Å². The van der Waals surface area contributed by atoms with Crippen molar-refractivity contribution in [1.82, 2.24) is 10.0 Å². The number of hydrogen-bond donors (Lipinski definition) is 2. The molecule has 2 aromatic rings. The van der Waals surface area contributed by atoms with Gasteiger partial charge in [0.15, 0.2) is 0 Å². The zero-order chi connectivity index (χ0) is 20.1. The van der Waals surface area contributed by atoms with Gasteiger partial charge < -0.3 is 10.1 Å². The van der Waals surface area contributed by atoms with Crippen LogP contribution < -0.4 is 14.8 Å². The zero-order valence-electron chi connectivity index (χ0n) is 15.5. The minimum atomic E-state index is -3.74. The summed E-state index contributed by atoms with van der Waals surface area (Å²) in [5, 5.41) is 2.96. The topological polar surface area (TPSA) is 84.5 Å². The van der Waals surface area contributed by atoms with Gasteiger partial charge in [-0.15, -0.1) is 6.42 Å². The fourth-order valence-corrected chi connectivity index (χ4v) is 3.98. The summed E-state index contributed by atoms with van der Waals surface area (Å²) in [6, 6.07) is 13.8. The fraction of sp³-hybridized carbons (Fsp3) is 0.286. The van der Waals surface area contributed by atoms with E-state index in [1.165, 1.54) is 18.2 Å². The SMILES string of the molecule is C#CCNS(=O)(=O)c1cccc(C(=O)N[C@H]2C[C@H]2c2cccc(OCC)c2)c1. The Morgan fingerprint density at radius 2 is 2.04 bits per heavy atom. The van der Waals surface area contributed by atoms with E-state index >= 15 is 0 Å². The predicted octanol–water partition coefficient (Wildman–Crippen LogP) is 2.28. The molecule has 6 nitrogen and oxygen atoms in total. The molecule has 1 amide bonds. The van der Waals surface area contributed by atoms with Crippen molar-refractivity contribution < 1.29 is 17.9 Å². The van der Waals surface area contributed by atoms with E-state index in [-0.39, 0.29) is 34.9 Å². The molecule has 1 aliphatic carbocycles. The van der Waals surface area contributed by atoms with Crippen LogP contribution in [0.1, 0.15) is 35.2 Å². The summed E-state index contributed by atoms with van der Waals surface area (Å²) in [4.78, 5) is 12.6. The Bertz CT molecular complexity index is 1010. The molecule has 146 valence electrons. The average molecular weight is 398 g/mol. The second kappa shape index (κ2) is 8.46. The Morgan fingerprint density at radius 3 is 2.79 bits per heavy atom. The van der Waals surface area contributed by atoms with E-state index < -0.39 is 10.0 Å². The summed E-state index contributed by atoms with van der Waals surface area (Å²) >= 11 is 0. The summed E-state index contributed by atoms with van der Waals surface area (Å²) in [5.41, 5.74) is 1.41. The molecular weight excluding hydrogens is 376 g/mol. The van der Waals surface area contributed by atoms with Gasteiger partial charge in [-0.25, -0.2) is 8.42 Å². The van der Waals surface area contributed by atoms with E-state index in [9.17, 15) is 13.2 Å². The average Bonchev–Trinajstić information content (AvgIpc) is 3.46. The maximum atomic E-state index is 12.6. The monoisotopic (exact) mass is 398 g/mol. The lowest BCUT2D eigenvalue weighted by molar-refractivity contribution is 0.0950. The second-order valence-corrected chi connectivity index (χ2v) is 8.25. The van der Waals surface area contributed by atoms with Crippen molar-refractivity contribution in [3.63, 3.8) is 0 Å². The summed E-state index contributed by atoms with van der Waals surface area (Å²) in [6.07, 6.45) is 5.93. The largest absolute Gasteiger partial charge is 0.494 e. The number of carbonyl (C=O) groups excluding carboxylic acids is 1. The first-order chi connectivity index (χ1) is 13.4. The Kier molecular flexibility index (Phi) is 6.02. The van der Waals surface area contributed by atoms with Gasteiger partial charge in [0.25, 0.3) is 5.91 Å². The number of hydrogen-bond acceptors (Lipinski definition) is 4. The highest BCUT2D eigenvalue weighted by atomic mass is 32.2. The van der Waals surface area contributed by atoms with Crippen molar-refractivity contribution in [2.24, 2.45) is 0 Å². The molecule has 0 aromatic heterocycles. The molecule has 3 rings (SSSR count). The first-order valence-electron chi connectivity index (χ1n) is 9.01. The quantitative estimate of drug-likeness (QED) is 0.668. The fourth-order valence-electron chi connectivity index (χ4n) is 3.00. The first-order valence-corrected chi connectivity index (χ1v) is 10.5. The number of rotatable bonds is 8. The van der Waals surface area contributed by atoms with E-state index in [4.69, 9.17) is 11.2 Å². The molecule has 1 aliphatic rings. The van der Waals surface area contributed by atoms with Crippen LogP contribution in [0.5, 0.6) is 5.75 Å². The van der Waals surface area contributed by atoms with Crippen molar-refractivity contribution in [2.75, 3.05) is 13.2 Å². The van der Waals surface area contributed by atoms with Crippen LogP contribution in [0.4, 0.5) is 0 Å². The molecule has 2 N–H and O–H groups in total. The van der Waals surface area contributed by atoms with Crippen molar-refractivity contribution in [2.45, 2.75) is 30.2 Å². The third-order valence-corrected chi connectivity index (χ3v) is 5.87. The molecule has 7 heteroatoms. The zero-order valence-corrected chi connectivity index (χ0v) is 16.3. The summed E-state index contributed by atoms with van der Waals surface area (Å²) in [7, 11) is -3.74. The number of carbonyl (C=O) groups is 1. The van der Waals surface area contributed by atoms with E-state index in [0.29, 0.717) is 6.61 Å². The third-order valence-electron chi connectivity index (χ3n) is 4.47. The van der Waals surface area contributed by atoms with Gasteiger partial charge in [0, 0.05) is 17.5 Å². The van der Waals surface area contributed by atoms with Crippen molar-refractivity contribution in [3.8, 4) is 18.1 Å². The lowest BCUT2D eigenvalue weighted by atomic mass is 10.1. The normalized spacial score (nSPS) is 18.1. The van der Waals surface area contributed by atoms with Gasteiger partial charge in [-0.05, 0) is 49.2 Å². The van der Waals surface area contributed by atoms with Gasteiger partial charge in [0.1, 0.15) is 5.75 Å². The van der Waals surface area contributed by atoms with Crippen LogP contribution in [0.2, 0.25) is 0 Å². The molecule has 2 aromatic carbocycles. The van der Waals surface area contributed by atoms with Crippen LogP contribution in [0.3, 0.4) is 0 Å². The lowest BCUT2D eigenvalue weighted by Crippen LogP contribution is -2.27. The number of terminal acetylenes is 1. The molecule has 0 saturated heterocycles. The molecule has 0 unspecified atom stereocenters. The van der Waals surface area contributed by atoms with Crippen molar-refractivity contribution in [1.29, 1.82) is 0 Å². The highest BCUT2D eigenvalue weighted by Gasteiger charge is 2.39. The van der Waals surface area contributed by atoms with Gasteiger partial charge >= 0.3 is 0 Å². The van der Waals surface area contributed by atoms with Gasteiger partial charge in [-0.1, -0.05) is 24.1 Å². The Morgan fingerprint density at radius 1 is 1.25 bits per heavy atom. The minimum absolute atomic E-state index is 0.00663. The standard InChI is InChI=1S/C21H22N2O4S/c1-3-11-22-28(25,26)18-10-6-8-16(13-18)21(24)23-20-14-19(20)15-7-5-9-17(12-15)27-4-2/h1,5-10,12-13,19-20,22H,4,11,14H2,2H3,(H,23,24)/t19-,20-/m0/s1. The predicted molar refractivity (Wildman–Crippen MR) is 107 cm³/mol. The molecule has 0 spiro atoms. The summed E-state index contributed by atoms with van der Waals surface area (Å²) in [5.74, 6) is 2.96. The Balaban J connectivity index is 1.66. The molecular formula is C21H22N2O4S. The molecule has 2 atom stereocenters. The van der Waals surface area contributed by atoms with Gasteiger partial charge in [-0.3, -0.25) is 4.79 Å². The van der Waals surface area contributed by atoms with Gasteiger partial charge in [0.2, 0.25) is 10.0 Å². The van der Waals surface area contributed by atoms with Crippen LogP contribution >= 0.6 is 0 Å².